The molecule has 0 radical (unpaired) electrons. The third-order valence-electron chi connectivity index (χ3n) is 1.12. The number of thioether (sulfide) groups is 2. The maximum atomic E-state index is 5.65. The molecule has 1 aromatic rings. The highest BCUT2D eigenvalue weighted by molar-refractivity contribution is 8.03. The Morgan fingerprint density at radius 2 is 2.36 bits per heavy atom. The first-order chi connectivity index (χ1) is 5.29. The van der Waals surface area contributed by atoms with Gasteiger partial charge in [-0.3, -0.25) is 0 Å². The molecule has 0 fully saturated rings. The zero-order chi connectivity index (χ0) is 8.27. The van der Waals surface area contributed by atoms with Gasteiger partial charge in [-0.05, 0) is 23.5 Å². The van der Waals surface area contributed by atoms with Crippen molar-refractivity contribution in [3.8, 4) is 0 Å². The first kappa shape index (κ1) is 9.22. The van der Waals surface area contributed by atoms with Crippen LogP contribution in [0.15, 0.2) is 9.10 Å². The quantitative estimate of drug-likeness (QED) is 0.771. The number of aromatic nitrogens is 1. The van der Waals surface area contributed by atoms with Gasteiger partial charge < -0.3 is 5.73 Å². The molecule has 0 aliphatic rings. The van der Waals surface area contributed by atoms with Crippen molar-refractivity contribution in [2.45, 2.75) is 16.0 Å². The molecule has 0 saturated carbocycles. The van der Waals surface area contributed by atoms with Gasteiger partial charge in [-0.1, -0.05) is 6.92 Å². The predicted octanol–water partition coefficient (Wildman–Crippen LogP) is 2.56. The summed E-state index contributed by atoms with van der Waals surface area (Å²) < 4.78 is 5.33. The Labute approximate surface area is 79.1 Å². The Hall–Kier alpha value is 0.130. The Kier molecular flexibility index (Phi) is 3.54. The molecule has 0 aliphatic heterocycles. The van der Waals surface area contributed by atoms with Crippen LogP contribution in [0.3, 0.4) is 0 Å². The Balaban J connectivity index is 2.86. The van der Waals surface area contributed by atoms with Crippen molar-refractivity contribution in [1.82, 2.24) is 4.37 Å². The van der Waals surface area contributed by atoms with Crippen molar-refractivity contribution < 1.29 is 0 Å². The lowest BCUT2D eigenvalue weighted by atomic mass is 10.7. The zero-order valence-electron chi connectivity index (χ0n) is 6.46. The van der Waals surface area contributed by atoms with Crippen molar-refractivity contribution in [3.63, 3.8) is 0 Å². The number of rotatable bonds is 3. The first-order valence-electron chi connectivity index (χ1n) is 3.21. The lowest BCUT2D eigenvalue weighted by Gasteiger charge is -1.95. The third kappa shape index (κ3) is 2.04. The van der Waals surface area contributed by atoms with Crippen LogP contribution in [0.25, 0.3) is 0 Å². The van der Waals surface area contributed by atoms with Gasteiger partial charge in [0.2, 0.25) is 0 Å². The molecule has 1 heterocycles. The number of nitrogens with zero attached hydrogens (tertiary/aromatic N) is 1. The molecule has 0 spiro atoms. The average molecular weight is 206 g/mol. The van der Waals surface area contributed by atoms with E-state index in [-0.39, 0.29) is 0 Å². The van der Waals surface area contributed by atoms with E-state index in [1.165, 1.54) is 15.7 Å². The summed E-state index contributed by atoms with van der Waals surface area (Å²) >= 11 is 4.97. The standard InChI is InChI=1S/C6H10N2S3/c1-3-10-6-4(9-2)5(7)8-11-6/h3H2,1-2H3,(H2,7,8). The molecule has 0 aromatic carbocycles. The highest BCUT2D eigenvalue weighted by atomic mass is 32.2. The zero-order valence-corrected chi connectivity index (χ0v) is 8.91. The van der Waals surface area contributed by atoms with Crippen LogP contribution in [0, 0.1) is 0 Å². The third-order valence-corrected chi connectivity index (χ3v) is 4.19. The average Bonchev–Trinajstić information content (AvgIpc) is 2.33. The van der Waals surface area contributed by atoms with Gasteiger partial charge in [0.1, 0.15) is 0 Å². The van der Waals surface area contributed by atoms with Crippen molar-refractivity contribution >= 4 is 40.9 Å². The van der Waals surface area contributed by atoms with E-state index in [1.807, 2.05) is 6.26 Å². The van der Waals surface area contributed by atoms with Crippen LogP contribution in [0.5, 0.6) is 0 Å². The van der Waals surface area contributed by atoms with Crippen molar-refractivity contribution in [3.05, 3.63) is 0 Å². The van der Waals surface area contributed by atoms with Crippen LogP contribution < -0.4 is 5.73 Å². The lowest BCUT2D eigenvalue weighted by molar-refractivity contribution is 1.35. The second-order valence-corrected chi connectivity index (χ2v) is 4.94. The number of hydrogen-bond acceptors (Lipinski definition) is 5. The Morgan fingerprint density at radius 1 is 1.64 bits per heavy atom. The van der Waals surface area contributed by atoms with E-state index in [0.717, 1.165) is 10.6 Å². The molecule has 62 valence electrons. The first-order valence-corrected chi connectivity index (χ1v) is 6.19. The molecule has 11 heavy (non-hydrogen) atoms. The van der Waals surface area contributed by atoms with Gasteiger partial charge in [-0.2, -0.15) is 4.37 Å². The summed E-state index contributed by atoms with van der Waals surface area (Å²) in [5, 5.41) is 0. The normalized spacial score (nSPS) is 10.4. The van der Waals surface area contributed by atoms with Crippen molar-refractivity contribution in [1.29, 1.82) is 0 Å². The van der Waals surface area contributed by atoms with Crippen molar-refractivity contribution in [2.24, 2.45) is 0 Å². The molecule has 0 bridgehead atoms. The fraction of sp³-hybridized carbons (Fsp3) is 0.500. The smallest absolute Gasteiger partial charge is 0.151 e. The fourth-order valence-electron chi connectivity index (χ4n) is 0.689. The maximum absolute atomic E-state index is 5.65. The summed E-state index contributed by atoms with van der Waals surface area (Å²) in [6.45, 7) is 2.13. The number of hydrogen-bond donors (Lipinski definition) is 1. The molecule has 0 saturated heterocycles. The van der Waals surface area contributed by atoms with E-state index in [4.69, 9.17) is 5.73 Å². The minimum absolute atomic E-state index is 0.679. The van der Waals surface area contributed by atoms with Crippen LogP contribution >= 0.6 is 35.1 Å². The van der Waals surface area contributed by atoms with Gasteiger partial charge >= 0.3 is 0 Å². The summed E-state index contributed by atoms with van der Waals surface area (Å²) in [7, 11) is 0. The SMILES string of the molecule is CCSc1snc(N)c1SC. The van der Waals surface area contributed by atoms with E-state index in [9.17, 15) is 0 Å². The Morgan fingerprint density at radius 3 is 2.91 bits per heavy atom. The molecule has 0 aliphatic carbocycles. The monoisotopic (exact) mass is 206 g/mol. The Bertz CT molecular complexity index is 234. The van der Waals surface area contributed by atoms with Gasteiger partial charge in [-0.15, -0.1) is 23.5 Å². The topological polar surface area (TPSA) is 38.9 Å². The molecule has 0 atom stereocenters. The van der Waals surface area contributed by atoms with Gasteiger partial charge in [0.25, 0.3) is 0 Å². The minimum Gasteiger partial charge on any atom is -0.382 e. The fourth-order valence-corrected chi connectivity index (χ4v) is 3.59. The lowest BCUT2D eigenvalue weighted by Crippen LogP contribution is -1.84. The second kappa shape index (κ2) is 4.23. The predicted molar refractivity (Wildman–Crippen MR) is 54.7 cm³/mol. The minimum atomic E-state index is 0.679. The summed E-state index contributed by atoms with van der Waals surface area (Å²) in [5.41, 5.74) is 5.65. The van der Waals surface area contributed by atoms with E-state index in [1.54, 1.807) is 23.5 Å². The summed E-state index contributed by atoms with van der Waals surface area (Å²) in [4.78, 5) is 1.14. The summed E-state index contributed by atoms with van der Waals surface area (Å²) in [6.07, 6.45) is 2.03. The highest BCUT2D eigenvalue weighted by Gasteiger charge is 2.09. The molecule has 2 N–H and O–H groups in total. The number of anilines is 1. The summed E-state index contributed by atoms with van der Waals surface area (Å²) in [6, 6.07) is 0. The number of nitrogens with two attached hydrogens (primary N) is 1. The molecule has 2 nitrogen and oxygen atoms in total. The molecule has 0 unspecified atom stereocenters. The van der Waals surface area contributed by atoms with E-state index < -0.39 is 0 Å². The molecular formula is C6H10N2S3. The number of nitrogen functional groups attached to an aromatic ring is 1. The van der Waals surface area contributed by atoms with Crippen LogP contribution in [-0.2, 0) is 0 Å². The second-order valence-electron chi connectivity index (χ2n) is 1.82. The van der Waals surface area contributed by atoms with Crippen molar-refractivity contribution in [2.75, 3.05) is 17.7 Å². The largest absolute Gasteiger partial charge is 0.382 e. The molecule has 5 heteroatoms. The maximum Gasteiger partial charge on any atom is 0.151 e. The van der Waals surface area contributed by atoms with Crippen LogP contribution in [0.1, 0.15) is 6.92 Å². The van der Waals surface area contributed by atoms with Gasteiger partial charge in [0.15, 0.2) is 5.82 Å². The molecule has 0 amide bonds. The molecule has 1 rings (SSSR count). The van der Waals surface area contributed by atoms with Gasteiger partial charge in [0, 0.05) is 0 Å². The summed E-state index contributed by atoms with van der Waals surface area (Å²) in [5.74, 6) is 1.76. The van der Waals surface area contributed by atoms with Gasteiger partial charge in [0.05, 0.1) is 9.10 Å². The van der Waals surface area contributed by atoms with Crippen LogP contribution in [-0.4, -0.2) is 16.4 Å². The van der Waals surface area contributed by atoms with E-state index in [0.29, 0.717) is 5.82 Å². The van der Waals surface area contributed by atoms with E-state index in [2.05, 4.69) is 11.3 Å². The van der Waals surface area contributed by atoms with E-state index >= 15 is 0 Å². The molecule has 1 aromatic heterocycles. The van der Waals surface area contributed by atoms with Gasteiger partial charge in [-0.25, -0.2) is 0 Å². The van der Waals surface area contributed by atoms with Crippen LogP contribution in [0.2, 0.25) is 0 Å². The highest BCUT2D eigenvalue weighted by Crippen LogP contribution is 2.36. The van der Waals surface area contributed by atoms with Crippen LogP contribution in [0.4, 0.5) is 5.82 Å². The molecular weight excluding hydrogens is 196 g/mol.